The third-order valence-corrected chi connectivity index (χ3v) is 3.55. The highest BCUT2D eigenvalue weighted by Gasteiger charge is 2.08. The van der Waals surface area contributed by atoms with E-state index >= 15 is 0 Å². The highest BCUT2D eigenvalue weighted by molar-refractivity contribution is 6.30. The van der Waals surface area contributed by atoms with Gasteiger partial charge in [-0.05, 0) is 61.7 Å². The van der Waals surface area contributed by atoms with Crippen LogP contribution in [0.2, 0.25) is 5.02 Å². The highest BCUT2D eigenvalue weighted by atomic mass is 35.5. The van der Waals surface area contributed by atoms with Gasteiger partial charge in [-0.1, -0.05) is 23.7 Å². The molecule has 3 heteroatoms. The smallest absolute Gasteiger partial charge is 0.0408 e. The summed E-state index contributed by atoms with van der Waals surface area (Å²) in [6, 6.07) is 12.7. The number of nitrogens with one attached hydrogen (secondary N) is 1. The molecule has 2 rings (SSSR count). The molecule has 0 aliphatic heterocycles. The van der Waals surface area contributed by atoms with Gasteiger partial charge in [-0.15, -0.1) is 0 Å². The van der Waals surface area contributed by atoms with Gasteiger partial charge in [0.2, 0.25) is 0 Å². The molecule has 2 nitrogen and oxygen atoms in total. The SMILES string of the molecule is CNC(CCc1ccncc1)Cc1cccc(Cl)c1. The molecule has 0 fully saturated rings. The Morgan fingerprint density at radius 1 is 1.16 bits per heavy atom. The normalized spacial score (nSPS) is 12.3. The molecule has 0 bridgehead atoms. The molecule has 0 aliphatic carbocycles. The Balaban J connectivity index is 1.90. The van der Waals surface area contributed by atoms with Crippen molar-refractivity contribution in [1.82, 2.24) is 10.3 Å². The van der Waals surface area contributed by atoms with Gasteiger partial charge < -0.3 is 5.32 Å². The zero-order valence-corrected chi connectivity index (χ0v) is 11.9. The molecule has 0 amide bonds. The van der Waals surface area contributed by atoms with E-state index in [2.05, 4.69) is 28.5 Å². The van der Waals surface area contributed by atoms with Gasteiger partial charge in [0.15, 0.2) is 0 Å². The first-order valence-corrected chi connectivity index (χ1v) is 6.96. The van der Waals surface area contributed by atoms with Crippen molar-refractivity contribution in [2.24, 2.45) is 0 Å². The minimum absolute atomic E-state index is 0.464. The van der Waals surface area contributed by atoms with Crippen molar-refractivity contribution in [3.8, 4) is 0 Å². The average Bonchev–Trinajstić information content (AvgIpc) is 2.44. The van der Waals surface area contributed by atoms with Crippen molar-refractivity contribution in [3.05, 3.63) is 64.9 Å². The van der Waals surface area contributed by atoms with Crippen molar-refractivity contribution in [3.63, 3.8) is 0 Å². The predicted molar refractivity (Wildman–Crippen MR) is 80.6 cm³/mol. The molecule has 0 saturated heterocycles. The van der Waals surface area contributed by atoms with Crippen molar-refractivity contribution in [2.75, 3.05) is 7.05 Å². The minimum atomic E-state index is 0.464. The van der Waals surface area contributed by atoms with Crippen LogP contribution in [0, 0.1) is 0 Å². The number of halogens is 1. The molecule has 1 atom stereocenters. The number of hydrogen-bond donors (Lipinski definition) is 1. The van der Waals surface area contributed by atoms with Gasteiger partial charge in [-0.3, -0.25) is 4.98 Å². The molecule has 0 radical (unpaired) electrons. The van der Waals surface area contributed by atoms with Crippen LogP contribution in [-0.4, -0.2) is 18.1 Å². The van der Waals surface area contributed by atoms with Gasteiger partial charge in [0.05, 0.1) is 0 Å². The third kappa shape index (κ3) is 4.66. The van der Waals surface area contributed by atoms with Crippen LogP contribution in [0.4, 0.5) is 0 Å². The maximum absolute atomic E-state index is 6.02. The first-order chi connectivity index (χ1) is 9.28. The van der Waals surface area contributed by atoms with Gasteiger partial charge in [0.25, 0.3) is 0 Å². The molecule has 1 heterocycles. The average molecular weight is 275 g/mol. The lowest BCUT2D eigenvalue weighted by Crippen LogP contribution is -2.28. The summed E-state index contributed by atoms with van der Waals surface area (Å²) in [5.41, 5.74) is 2.61. The Labute approximate surface area is 119 Å². The number of pyridine rings is 1. The van der Waals surface area contributed by atoms with Crippen LogP contribution < -0.4 is 5.32 Å². The first-order valence-electron chi connectivity index (χ1n) is 6.58. The molecule has 19 heavy (non-hydrogen) atoms. The second-order valence-electron chi connectivity index (χ2n) is 4.71. The molecular weight excluding hydrogens is 256 g/mol. The van der Waals surface area contributed by atoms with Crippen LogP contribution in [0.5, 0.6) is 0 Å². The fourth-order valence-electron chi connectivity index (χ4n) is 2.19. The summed E-state index contributed by atoms with van der Waals surface area (Å²) >= 11 is 6.02. The Morgan fingerprint density at radius 2 is 1.95 bits per heavy atom. The van der Waals surface area contributed by atoms with Crippen molar-refractivity contribution in [1.29, 1.82) is 0 Å². The van der Waals surface area contributed by atoms with Crippen LogP contribution >= 0.6 is 11.6 Å². The van der Waals surface area contributed by atoms with Crippen molar-refractivity contribution < 1.29 is 0 Å². The molecule has 100 valence electrons. The Morgan fingerprint density at radius 3 is 2.63 bits per heavy atom. The van der Waals surface area contributed by atoms with E-state index in [1.165, 1.54) is 11.1 Å². The van der Waals surface area contributed by atoms with E-state index in [1.807, 2.05) is 37.6 Å². The topological polar surface area (TPSA) is 24.9 Å². The maximum Gasteiger partial charge on any atom is 0.0408 e. The highest BCUT2D eigenvalue weighted by Crippen LogP contribution is 2.14. The molecule has 0 saturated carbocycles. The summed E-state index contributed by atoms with van der Waals surface area (Å²) in [4.78, 5) is 4.04. The number of aromatic nitrogens is 1. The Kier molecular flexibility index (Phi) is 5.37. The van der Waals surface area contributed by atoms with Gasteiger partial charge in [0, 0.05) is 23.5 Å². The lowest BCUT2D eigenvalue weighted by Gasteiger charge is -2.16. The summed E-state index contributed by atoms with van der Waals surface area (Å²) in [5.74, 6) is 0. The molecule has 1 N–H and O–H groups in total. The number of aryl methyl sites for hydroxylation is 1. The van der Waals surface area contributed by atoms with E-state index in [0.717, 1.165) is 24.3 Å². The van der Waals surface area contributed by atoms with E-state index in [1.54, 1.807) is 0 Å². The number of nitrogens with zero attached hydrogens (tertiary/aromatic N) is 1. The lowest BCUT2D eigenvalue weighted by molar-refractivity contribution is 0.520. The monoisotopic (exact) mass is 274 g/mol. The maximum atomic E-state index is 6.02. The number of rotatable bonds is 6. The fourth-order valence-corrected chi connectivity index (χ4v) is 2.40. The van der Waals surface area contributed by atoms with E-state index < -0.39 is 0 Å². The summed E-state index contributed by atoms with van der Waals surface area (Å²) in [5, 5.41) is 4.19. The molecule has 0 spiro atoms. The molecule has 1 unspecified atom stereocenters. The summed E-state index contributed by atoms with van der Waals surface area (Å²) in [6.45, 7) is 0. The molecule has 1 aromatic heterocycles. The number of benzene rings is 1. The quantitative estimate of drug-likeness (QED) is 0.872. The summed E-state index contributed by atoms with van der Waals surface area (Å²) < 4.78 is 0. The van der Waals surface area contributed by atoms with Crippen molar-refractivity contribution in [2.45, 2.75) is 25.3 Å². The molecule has 1 aromatic carbocycles. The number of hydrogen-bond acceptors (Lipinski definition) is 2. The summed E-state index contributed by atoms with van der Waals surface area (Å²) in [7, 11) is 2.02. The van der Waals surface area contributed by atoms with Gasteiger partial charge >= 0.3 is 0 Å². The van der Waals surface area contributed by atoms with Crippen LogP contribution in [-0.2, 0) is 12.8 Å². The largest absolute Gasteiger partial charge is 0.317 e. The minimum Gasteiger partial charge on any atom is -0.317 e. The summed E-state index contributed by atoms with van der Waals surface area (Å²) in [6.07, 6.45) is 6.87. The first kappa shape index (κ1) is 14.0. The van der Waals surface area contributed by atoms with E-state index in [-0.39, 0.29) is 0 Å². The van der Waals surface area contributed by atoms with Crippen LogP contribution in [0.25, 0.3) is 0 Å². The number of likely N-dealkylation sites (N-methyl/N-ethyl adjacent to an activating group) is 1. The zero-order valence-electron chi connectivity index (χ0n) is 11.1. The fraction of sp³-hybridized carbons (Fsp3) is 0.312. The van der Waals surface area contributed by atoms with Gasteiger partial charge in [-0.2, -0.15) is 0 Å². The van der Waals surface area contributed by atoms with Crippen LogP contribution in [0.3, 0.4) is 0 Å². The Hall–Kier alpha value is -1.38. The standard InChI is InChI=1S/C16H19ClN2/c1-18-16(6-5-13-7-9-19-10-8-13)12-14-3-2-4-15(17)11-14/h2-4,7-11,16,18H,5-6,12H2,1H3. The second kappa shape index (κ2) is 7.27. The van der Waals surface area contributed by atoms with E-state index in [9.17, 15) is 0 Å². The van der Waals surface area contributed by atoms with E-state index in [0.29, 0.717) is 6.04 Å². The zero-order chi connectivity index (χ0) is 13.5. The predicted octanol–water partition coefficient (Wildman–Crippen LogP) is 3.50. The van der Waals surface area contributed by atoms with Crippen molar-refractivity contribution >= 4 is 11.6 Å². The lowest BCUT2D eigenvalue weighted by atomic mass is 10.00. The molecule has 2 aromatic rings. The molecule has 0 aliphatic rings. The third-order valence-electron chi connectivity index (χ3n) is 3.31. The van der Waals surface area contributed by atoms with Crippen LogP contribution in [0.1, 0.15) is 17.5 Å². The Bertz CT molecular complexity index is 499. The van der Waals surface area contributed by atoms with E-state index in [4.69, 9.17) is 11.6 Å². The molecular formula is C16H19ClN2. The second-order valence-corrected chi connectivity index (χ2v) is 5.15. The van der Waals surface area contributed by atoms with Gasteiger partial charge in [-0.25, -0.2) is 0 Å². The van der Waals surface area contributed by atoms with Crippen LogP contribution in [0.15, 0.2) is 48.8 Å². The van der Waals surface area contributed by atoms with Gasteiger partial charge in [0.1, 0.15) is 0 Å².